The summed E-state index contributed by atoms with van der Waals surface area (Å²) in [6, 6.07) is -0.668. The lowest BCUT2D eigenvalue weighted by Gasteiger charge is -2.29. The van der Waals surface area contributed by atoms with Gasteiger partial charge < -0.3 is 5.32 Å². The number of halogens is 3. The third-order valence-corrected chi connectivity index (χ3v) is 5.07. The normalized spacial score (nSPS) is 32.2. The Balaban J connectivity index is 2.20. The molecule has 8 heteroatoms. The summed E-state index contributed by atoms with van der Waals surface area (Å²) >= 11 is 0. The van der Waals surface area contributed by atoms with Gasteiger partial charge in [-0.25, -0.2) is 8.42 Å². The number of sulfonamides is 1. The van der Waals surface area contributed by atoms with E-state index in [4.69, 9.17) is 0 Å². The molecule has 2 heterocycles. The predicted octanol–water partition coefficient (Wildman–Crippen LogP) is 1.05. The molecule has 100 valence electrons. The molecule has 2 aliphatic rings. The maximum Gasteiger partial charge on any atom is 0.511 e. The molecule has 0 aliphatic carbocycles. The molecule has 4 nitrogen and oxygen atoms in total. The summed E-state index contributed by atoms with van der Waals surface area (Å²) in [7, 11) is -5.17. The van der Waals surface area contributed by atoms with Crippen molar-refractivity contribution in [2.45, 2.75) is 43.3 Å². The van der Waals surface area contributed by atoms with Crippen molar-refractivity contribution in [1.29, 1.82) is 0 Å². The fourth-order valence-corrected chi connectivity index (χ4v) is 3.88. The lowest BCUT2D eigenvalue weighted by molar-refractivity contribution is -0.0495. The molecular formula is C9H15F3N2O2S. The van der Waals surface area contributed by atoms with Crippen LogP contribution >= 0.6 is 0 Å². The zero-order chi connectivity index (χ0) is 12.7. The Morgan fingerprint density at radius 2 is 1.88 bits per heavy atom. The third kappa shape index (κ3) is 2.30. The van der Waals surface area contributed by atoms with Crippen LogP contribution in [-0.2, 0) is 10.0 Å². The van der Waals surface area contributed by atoms with Gasteiger partial charge in [0.1, 0.15) is 0 Å². The van der Waals surface area contributed by atoms with Crippen LogP contribution in [0.5, 0.6) is 0 Å². The third-order valence-electron chi connectivity index (χ3n) is 3.41. The molecule has 0 spiro atoms. The molecule has 0 aromatic heterocycles. The molecule has 0 saturated carbocycles. The zero-order valence-corrected chi connectivity index (χ0v) is 10.0. The maximum atomic E-state index is 12.5. The molecule has 0 bridgehead atoms. The Kier molecular flexibility index (Phi) is 3.39. The van der Waals surface area contributed by atoms with Crippen LogP contribution in [0.2, 0.25) is 0 Å². The molecule has 2 aliphatic heterocycles. The van der Waals surface area contributed by atoms with E-state index >= 15 is 0 Å². The summed E-state index contributed by atoms with van der Waals surface area (Å²) in [6.45, 7) is 0.728. The van der Waals surface area contributed by atoms with Gasteiger partial charge in [-0.3, -0.25) is 0 Å². The van der Waals surface area contributed by atoms with E-state index in [9.17, 15) is 21.6 Å². The highest BCUT2D eigenvalue weighted by Crippen LogP contribution is 2.34. The molecule has 2 atom stereocenters. The fraction of sp³-hybridized carbons (Fsp3) is 1.00. The second-order valence-electron chi connectivity index (χ2n) is 4.47. The second-order valence-corrected chi connectivity index (χ2v) is 6.36. The van der Waals surface area contributed by atoms with Crippen molar-refractivity contribution in [3.8, 4) is 0 Å². The van der Waals surface area contributed by atoms with Crippen LogP contribution in [0.25, 0.3) is 0 Å². The summed E-state index contributed by atoms with van der Waals surface area (Å²) in [5.41, 5.74) is -5.19. The van der Waals surface area contributed by atoms with Crippen molar-refractivity contribution in [3.05, 3.63) is 0 Å². The Morgan fingerprint density at radius 3 is 2.41 bits per heavy atom. The monoisotopic (exact) mass is 272 g/mol. The lowest BCUT2D eigenvalue weighted by atomic mass is 10.1. The minimum Gasteiger partial charge on any atom is -0.312 e. The summed E-state index contributed by atoms with van der Waals surface area (Å²) in [5.74, 6) is 0. The maximum absolute atomic E-state index is 12.5. The average Bonchev–Trinajstić information content (AvgIpc) is 2.86. The van der Waals surface area contributed by atoms with Gasteiger partial charge in [0.25, 0.3) is 0 Å². The first-order chi connectivity index (χ1) is 7.84. The SMILES string of the molecule is O=S(=O)(N1CCCC1C1CCCN1)C(F)(F)F. The summed E-state index contributed by atoms with van der Waals surface area (Å²) in [6.07, 6.45) is 2.64. The fourth-order valence-electron chi connectivity index (χ4n) is 2.64. The topological polar surface area (TPSA) is 49.4 Å². The molecule has 0 amide bonds. The van der Waals surface area contributed by atoms with E-state index in [1.54, 1.807) is 0 Å². The number of alkyl halides is 3. The van der Waals surface area contributed by atoms with Crippen LogP contribution in [0.3, 0.4) is 0 Å². The highest BCUT2D eigenvalue weighted by atomic mass is 32.2. The highest BCUT2D eigenvalue weighted by Gasteiger charge is 2.54. The number of hydrogen-bond donors (Lipinski definition) is 1. The Hall–Kier alpha value is -0.340. The first kappa shape index (κ1) is 13.1. The molecule has 2 fully saturated rings. The minimum absolute atomic E-state index is 0.0231. The van der Waals surface area contributed by atoms with Crippen LogP contribution in [0.15, 0.2) is 0 Å². The van der Waals surface area contributed by atoms with Crippen molar-refractivity contribution in [2.75, 3.05) is 13.1 Å². The summed E-state index contributed by atoms with van der Waals surface area (Å²) in [5, 5.41) is 3.08. The lowest BCUT2D eigenvalue weighted by Crippen LogP contribution is -2.50. The smallest absolute Gasteiger partial charge is 0.312 e. The minimum atomic E-state index is -5.19. The molecule has 2 saturated heterocycles. The van der Waals surface area contributed by atoms with Crippen LogP contribution in [0.4, 0.5) is 13.2 Å². The van der Waals surface area contributed by atoms with Crippen molar-refractivity contribution < 1.29 is 21.6 Å². The van der Waals surface area contributed by atoms with Crippen molar-refractivity contribution in [2.24, 2.45) is 0 Å². The van der Waals surface area contributed by atoms with Gasteiger partial charge in [0.05, 0.1) is 0 Å². The van der Waals surface area contributed by atoms with E-state index in [2.05, 4.69) is 5.32 Å². The van der Waals surface area contributed by atoms with E-state index in [1.165, 1.54) is 0 Å². The van der Waals surface area contributed by atoms with Gasteiger partial charge in [0.15, 0.2) is 0 Å². The van der Waals surface area contributed by atoms with Crippen LogP contribution < -0.4 is 5.32 Å². The molecular weight excluding hydrogens is 257 g/mol. The van der Waals surface area contributed by atoms with Gasteiger partial charge >= 0.3 is 15.5 Å². The van der Waals surface area contributed by atoms with E-state index in [1.807, 2.05) is 0 Å². The van der Waals surface area contributed by atoms with Crippen molar-refractivity contribution in [1.82, 2.24) is 9.62 Å². The van der Waals surface area contributed by atoms with Gasteiger partial charge in [-0.2, -0.15) is 17.5 Å². The van der Waals surface area contributed by atoms with Gasteiger partial charge in [0, 0.05) is 18.6 Å². The first-order valence-corrected chi connectivity index (χ1v) is 7.09. The van der Waals surface area contributed by atoms with Crippen molar-refractivity contribution in [3.63, 3.8) is 0 Å². The highest BCUT2D eigenvalue weighted by molar-refractivity contribution is 7.90. The van der Waals surface area contributed by atoms with Crippen LogP contribution in [0, 0.1) is 0 Å². The molecule has 0 radical (unpaired) electrons. The molecule has 0 aromatic rings. The molecule has 17 heavy (non-hydrogen) atoms. The van der Waals surface area contributed by atoms with Gasteiger partial charge in [0.2, 0.25) is 0 Å². The number of nitrogens with one attached hydrogen (secondary N) is 1. The van der Waals surface area contributed by atoms with Crippen molar-refractivity contribution >= 4 is 10.0 Å². The first-order valence-electron chi connectivity index (χ1n) is 5.65. The quantitative estimate of drug-likeness (QED) is 0.817. The zero-order valence-electron chi connectivity index (χ0n) is 9.20. The van der Waals surface area contributed by atoms with Gasteiger partial charge in [-0.15, -0.1) is 0 Å². The van der Waals surface area contributed by atoms with E-state index in [0.717, 1.165) is 19.4 Å². The van der Waals surface area contributed by atoms with Gasteiger partial charge in [-0.05, 0) is 32.2 Å². The molecule has 2 rings (SSSR count). The van der Waals surface area contributed by atoms with E-state index in [0.29, 0.717) is 17.1 Å². The largest absolute Gasteiger partial charge is 0.511 e. The molecule has 1 N–H and O–H groups in total. The Bertz CT molecular complexity index is 376. The molecule has 2 unspecified atom stereocenters. The Labute approximate surface area is 98.2 Å². The number of rotatable bonds is 2. The second kappa shape index (κ2) is 4.40. The predicted molar refractivity (Wildman–Crippen MR) is 55.7 cm³/mol. The number of hydrogen-bond acceptors (Lipinski definition) is 3. The standard InChI is InChI=1S/C9H15F3N2O2S/c10-9(11,12)17(15,16)14-6-2-4-8(14)7-3-1-5-13-7/h7-8,13H,1-6H2. The summed E-state index contributed by atoms with van der Waals surface area (Å²) < 4.78 is 60.9. The van der Waals surface area contributed by atoms with Crippen LogP contribution in [0.1, 0.15) is 25.7 Å². The van der Waals surface area contributed by atoms with Gasteiger partial charge in [-0.1, -0.05) is 0 Å². The molecule has 0 aromatic carbocycles. The average molecular weight is 272 g/mol. The van der Waals surface area contributed by atoms with Crippen LogP contribution in [-0.4, -0.2) is 43.4 Å². The van der Waals surface area contributed by atoms with E-state index in [-0.39, 0.29) is 12.6 Å². The summed E-state index contributed by atoms with van der Waals surface area (Å²) in [4.78, 5) is 0. The Morgan fingerprint density at radius 1 is 1.18 bits per heavy atom. The number of nitrogens with zero attached hydrogens (tertiary/aromatic N) is 1. The van der Waals surface area contributed by atoms with E-state index < -0.39 is 21.6 Å².